The number of nitrogens with zero attached hydrogens (tertiary/aromatic N) is 4. The fraction of sp³-hybridized carbons (Fsp3) is 0.273. The van der Waals surface area contributed by atoms with Crippen molar-refractivity contribution in [2.75, 3.05) is 5.73 Å². The Morgan fingerprint density at radius 2 is 2.00 bits per heavy atom. The maximum Gasteiger partial charge on any atom is 0.223 e. The topological polar surface area (TPSA) is 77.6 Å². The van der Waals surface area contributed by atoms with Gasteiger partial charge in [0.25, 0.3) is 0 Å². The highest BCUT2D eigenvalue weighted by Gasteiger charge is 2.27. The molecule has 6 heteroatoms. The van der Waals surface area contributed by atoms with Crippen LogP contribution in [-0.4, -0.2) is 19.9 Å². The second kappa shape index (κ2) is 3.92. The highest BCUT2D eigenvalue weighted by molar-refractivity contribution is 6.30. The zero-order valence-corrected chi connectivity index (χ0v) is 9.72. The van der Waals surface area contributed by atoms with Crippen LogP contribution in [0.1, 0.15) is 24.6 Å². The summed E-state index contributed by atoms with van der Waals surface area (Å²) >= 11 is 5.78. The first-order valence-corrected chi connectivity index (χ1v) is 5.73. The van der Waals surface area contributed by atoms with Gasteiger partial charge in [-0.05, 0) is 25.0 Å². The lowest BCUT2D eigenvalue weighted by atomic mass is 10.3. The van der Waals surface area contributed by atoms with Crippen molar-refractivity contribution in [3.63, 3.8) is 0 Å². The van der Waals surface area contributed by atoms with E-state index in [1.165, 1.54) is 0 Å². The Morgan fingerprint density at radius 1 is 1.18 bits per heavy atom. The summed E-state index contributed by atoms with van der Waals surface area (Å²) in [4.78, 5) is 16.8. The molecule has 2 N–H and O–H groups in total. The number of aromatic nitrogens is 4. The van der Waals surface area contributed by atoms with Crippen molar-refractivity contribution in [1.82, 2.24) is 19.9 Å². The van der Waals surface area contributed by atoms with Gasteiger partial charge < -0.3 is 5.73 Å². The number of hydrogen-bond acceptors (Lipinski definition) is 5. The van der Waals surface area contributed by atoms with E-state index < -0.39 is 0 Å². The zero-order chi connectivity index (χ0) is 11.8. The Hall–Kier alpha value is -1.75. The Balaban J connectivity index is 2.04. The number of nitrogens with two attached hydrogens (primary N) is 1. The van der Waals surface area contributed by atoms with Crippen molar-refractivity contribution in [3.8, 4) is 11.5 Å². The molecule has 17 heavy (non-hydrogen) atoms. The number of hydrogen-bond donors (Lipinski definition) is 1. The van der Waals surface area contributed by atoms with Crippen LogP contribution in [0.3, 0.4) is 0 Å². The minimum atomic E-state index is 0.244. The standard InChI is InChI=1S/C11H10ClN5/c12-7-3-4-8(14-5-7)10-15-9(6-1-2-6)16-11(13)17-10/h3-6H,1-2H2,(H2,13,15,16,17). The van der Waals surface area contributed by atoms with Gasteiger partial charge in [0.1, 0.15) is 11.5 Å². The molecular weight excluding hydrogens is 238 g/mol. The quantitative estimate of drug-likeness (QED) is 0.879. The van der Waals surface area contributed by atoms with Crippen molar-refractivity contribution in [3.05, 3.63) is 29.2 Å². The van der Waals surface area contributed by atoms with Crippen LogP contribution in [0.5, 0.6) is 0 Å². The molecule has 0 saturated heterocycles. The molecule has 2 aromatic rings. The van der Waals surface area contributed by atoms with Crippen LogP contribution in [0.15, 0.2) is 18.3 Å². The van der Waals surface area contributed by atoms with Crippen molar-refractivity contribution < 1.29 is 0 Å². The van der Waals surface area contributed by atoms with E-state index in [0.29, 0.717) is 22.5 Å². The average Bonchev–Trinajstić information content (AvgIpc) is 3.13. The van der Waals surface area contributed by atoms with E-state index >= 15 is 0 Å². The Labute approximate surface area is 103 Å². The number of anilines is 1. The van der Waals surface area contributed by atoms with Crippen LogP contribution in [0, 0.1) is 0 Å². The number of nitrogen functional groups attached to an aromatic ring is 1. The lowest BCUT2D eigenvalue weighted by Crippen LogP contribution is -2.04. The summed E-state index contributed by atoms with van der Waals surface area (Å²) in [7, 11) is 0. The van der Waals surface area contributed by atoms with Gasteiger partial charge >= 0.3 is 0 Å². The van der Waals surface area contributed by atoms with E-state index in [-0.39, 0.29) is 5.95 Å². The predicted octanol–water partition coefficient (Wildman–Crippen LogP) is 2.05. The molecule has 0 amide bonds. The van der Waals surface area contributed by atoms with Gasteiger partial charge in [0.05, 0.1) is 5.02 Å². The molecule has 0 spiro atoms. The molecule has 2 heterocycles. The van der Waals surface area contributed by atoms with Crippen molar-refractivity contribution in [2.24, 2.45) is 0 Å². The highest BCUT2D eigenvalue weighted by Crippen LogP contribution is 2.38. The van der Waals surface area contributed by atoms with Crippen molar-refractivity contribution in [2.45, 2.75) is 18.8 Å². The molecule has 5 nitrogen and oxygen atoms in total. The second-order valence-electron chi connectivity index (χ2n) is 4.01. The largest absolute Gasteiger partial charge is 0.368 e. The number of halogens is 1. The van der Waals surface area contributed by atoms with Gasteiger partial charge in [-0.3, -0.25) is 4.98 Å². The van der Waals surface area contributed by atoms with Crippen LogP contribution < -0.4 is 5.73 Å². The van der Waals surface area contributed by atoms with Crippen LogP contribution >= 0.6 is 11.6 Å². The van der Waals surface area contributed by atoms with Gasteiger partial charge in [-0.15, -0.1) is 0 Å². The van der Waals surface area contributed by atoms with E-state index in [4.69, 9.17) is 17.3 Å². The summed E-state index contributed by atoms with van der Waals surface area (Å²) in [6.07, 6.45) is 3.81. The van der Waals surface area contributed by atoms with E-state index in [2.05, 4.69) is 19.9 Å². The molecule has 0 atom stereocenters. The lowest BCUT2D eigenvalue weighted by Gasteiger charge is -2.03. The first-order chi connectivity index (χ1) is 8.22. The molecule has 3 rings (SSSR count). The monoisotopic (exact) mass is 247 g/mol. The summed E-state index contributed by atoms with van der Waals surface area (Å²) < 4.78 is 0. The van der Waals surface area contributed by atoms with E-state index in [1.807, 2.05) is 0 Å². The predicted molar refractivity (Wildman–Crippen MR) is 64.5 cm³/mol. The fourth-order valence-electron chi connectivity index (χ4n) is 1.56. The molecule has 86 valence electrons. The SMILES string of the molecule is Nc1nc(-c2ccc(Cl)cn2)nc(C2CC2)n1. The fourth-order valence-corrected chi connectivity index (χ4v) is 1.67. The molecule has 0 radical (unpaired) electrons. The Morgan fingerprint density at radius 3 is 2.65 bits per heavy atom. The van der Waals surface area contributed by atoms with E-state index in [0.717, 1.165) is 18.7 Å². The Bertz CT molecular complexity index is 550. The minimum absolute atomic E-state index is 0.244. The van der Waals surface area contributed by atoms with Crippen LogP contribution in [0.4, 0.5) is 5.95 Å². The highest BCUT2D eigenvalue weighted by atomic mass is 35.5. The summed E-state index contributed by atoms with van der Waals surface area (Å²) in [5.41, 5.74) is 6.33. The van der Waals surface area contributed by atoms with Gasteiger partial charge in [0, 0.05) is 12.1 Å². The van der Waals surface area contributed by atoms with Crippen molar-refractivity contribution in [1.29, 1.82) is 0 Å². The summed E-state index contributed by atoms with van der Waals surface area (Å²) in [6.45, 7) is 0. The van der Waals surface area contributed by atoms with Gasteiger partial charge in [-0.25, -0.2) is 4.98 Å². The first kappa shape index (κ1) is 10.4. The van der Waals surface area contributed by atoms with E-state index in [1.54, 1.807) is 18.3 Å². The molecule has 1 saturated carbocycles. The number of rotatable bonds is 2. The molecule has 0 bridgehead atoms. The van der Waals surface area contributed by atoms with E-state index in [9.17, 15) is 0 Å². The number of pyridine rings is 1. The van der Waals surface area contributed by atoms with Crippen molar-refractivity contribution >= 4 is 17.5 Å². The summed E-state index contributed by atoms with van der Waals surface area (Å²) in [5.74, 6) is 1.96. The second-order valence-corrected chi connectivity index (χ2v) is 4.45. The van der Waals surface area contributed by atoms with Gasteiger partial charge in [0.15, 0.2) is 5.82 Å². The molecule has 0 aliphatic heterocycles. The molecule has 1 aliphatic rings. The van der Waals surface area contributed by atoms with Gasteiger partial charge in [0.2, 0.25) is 5.95 Å². The maximum absolute atomic E-state index is 5.78. The summed E-state index contributed by atoms with van der Waals surface area (Å²) in [5, 5.41) is 0.582. The third kappa shape index (κ3) is 2.19. The zero-order valence-electron chi connectivity index (χ0n) is 8.97. The smallest absolute Gasteiger partial charge is 0.223 e. The molecule has 0 aromatic carbocycles. The van der Waals surface area contributed by atoms with Crippen LogP contribution in [0.2, 0.25) is 5.02 Å². The van der Waals surface area contributed by atoms with Crippen LogP contribution in [-0.2, 0) is 0 Å². The third-order valence-corrected chi connectivity index (χ3v) is 2.79. The average molecular weight is 248 g/mol. The maximum atomic E-state index is 5.78. The van der Waals surface area contributed by atoms with Gasteiger partial charge in [-0.2, -0.15) is 9.97 Å². The minimum Gasteiger partial charge on any atom is -0.368 e. The molecule has 0 unspecified atom stereocenters. The van der Waals surface area contributed by atoms with Gasteiger partial charge in [-0.1, -0.05) is 11.6 Å². The van der Waals surface area contributed by atoms with Crippen LogP contribution in [0.25, 0.3) is 11.5 Å². The third-order valence-electron chi connectivity index (χ3n) is 2.57. The molecular formula is C11H10ClN5. The lowest BCUT2D eigenvalue weighted by molar-refractivity contribution is 0.898. The normalized spacial score (nSPS) is 14.9. The Kier molecular flexibility index (Phi) is 2.40. The first-order valence-electron chi connectivity index (χ1n) is 5.36. The molecule has 2 aromatic heterocycles. The molecule has 1 fully saturated rings. The summed E-state index contributed by atoms with van der Waals surface area (Å²) in [6, 6.07) is 3.52. The molecule has 1 aliphatic carbocycles.